The minimum atomic E-state index is -0.685. The third-order valence-electron chi connectivity index (χ3n) is 3.49. The highest BCUT2D eigenvalue weighted by Gasteiger charge is 2.23. The molecule has 1 aliphatic carbocycles. The van der Waals surface area contributed by atoms with Crippen LogP contribution >= 0.6 is 11.6 Å². The number of benzene rings is 2. The fourth-order valence-corrected chi connectivity index (χ4v) is 2.23. The maximum Gasteiger partial charge on any atom is 0.258 e. The van der Waals surface area contributed by atoms with E-state index in [1.165, 1.54) is 12.1 Å². The predicted molar refractivity (Wildman–Crippen MR) is 86.3 cm³/mol. The van der Waals surface area contributed by atoms with E-state index in [1.54, 1.807) is 24.3 Å². The van der Waals surface area contributed by atoms with Crippen molar-refractivity contribution in [2.45, 2.75) is 18.9 Å². The first-order valence-electron chi connectivity index (χ1n) is 7.20. The Morgan fingerprint density at radius 2 is 1.74 bits per heavy atom. The van der Waals surface area contributed by atoms with Crippen molar-refractivity contribution in [1.29, 1.82) is 0 Å². The Bertz CT molecular complexity index is 758. The molecule has 2 aromatic carbocycles. The summed E-state index contributed by atoms with van der Waals surface area (Å²) in [4.78, 5) is 23.9. The van der Waals surface area contributed by atoms with Gasteiger partial charge in [-0.1, -0.05) is 11.6 Å². The molecule has 0 atom stereocenters. The Balaban J connectivity index is 1.67. The van der Waals surface area contributed by atoms with Gasteiger partial charge in [0, 0.05) is 22.3 Å². The minimum Gasteiger partial charge on any atom is -0.349 e. The molecule has 0 bridgehead atoms. The molecule has 0 aromatic heterocycles. The molecule has 23 heavy (non-hydrogen) atoms. The normalized spacial score (nSPS) is 13.5. The van der Waals surface area contributed by atoms with E-state index < -0.39 is 11.7 Å². The highest BCUT2D eigenvalue weighted by Crippen LogP contribution is 2.20. The number of anilines is 1. The second kappa shape index (κ2) is 6.38. The molecule has 0 unspecified atom stereocenters. The first-order valence-corrected chi connectivity index (χ1v) is 7.58. The lowest BCUT2D eigenvalue weighted by molar-refractivity contribution is 0.0950. The molecule has 118 valence electrons. The van der Waals surface area contributed by atoms with E-state index in [4.69, 9.17) is 11.6 Å². The molecular formula is C17H14ClFN2O2. The van der Waals surface area contributed by atoms with Crippen molar-refractivity contribution in [2.24, 2.45) is 0 Å². The number of carbonyl (C=O) groups is 2. The zero-order chi connectivity index (χ0) is 16.4. The van der Waals surface area contributed by atoms with Crippen molar-refractivity contribution in [3.63, 3.8) is 0 Å². The van der Waals surface area contributed by atoms with Gasteiger partial charge >= 0.3 is 0 Å². The van der Waals surface area contributed by atoms with E-state index in [2.05, 4.69) is 10.6 Å². The van der Waals surface area contributed by atoms with Gasteiger partial charge in [-0.3, -0.25) is 9.59 Å². The summed E-state index contributed by atoms with van der Waals surface area (Å²) in [5.41, 5.74) is 0.907. The molecule has 6 heteroatoms. The van der Waals surface area contributed by atoms with Crippen LogP contribution in [0.5, 0.6) is 0 Å². The third kappa shape index (κ3) is 3.87. The summed E-state index contributed by atoms with van der Waals surface area (Å²) in [5.74, 6) is -1.39. The Kier molecular flexibility index (Phi) is 4.30. The van der Waals surface area contributed by atoms with E-state index in [-0.39, 0.29) is 22.5 Å². The fourth-order valence-electron chi connectivity index (χ4n) is 2.07. The molecular weight excluding hydrogens is 319 g/mol. The number of hydrogen-bond acceptors (Lipinski definition) is 2. The van der Waals surface area contributed by atoms with Crippen LogP contribution in [-0.2, 0) is 0 Å². The van der Waals surface area contributed by atoms with E-state index in [9.17, 15) is 14.0 Å². The zero-order valence-electron chi connectivity index (χ0n) is 12.1. The van der Waals surface area contributed by atoms with Crippen LogP contribution in [0.4, 0.5) is 10.1 Å². The van der Waals surface area contributed by atoms with Crippen LogP contribution in [0.15, 0.2) is 42.5 Å². The maximum atomic E-state index is 13.7. The van der Waals surface area contributed by atoms with Crippen molar-refractivity contribution in [2.75, 3.05) is 5.32 Å². The molecule has 1 fully saturated rings. The van der Waals surface area contributed by atoms with Crippen LogP contribution in [0.25, 0.3) is 0 Å². The second-order valence-electron chi connectivity index (χ2n) is 5.40. The zero-order valence-corrected chi connectivity index (χ0v) is 12.9. The number of rotatable bonds is 4. The topological polar surface area (TPSA) is 58.2 Å². The van der Waals surface area contributed by atoms with Crippen LogP contribution in [0.3, 0.4) is 0 Å². The average Bonchev–Trinajstić information content (AvgIpc) is 3.31. The summed E-state index contributed by atoms with van der Waals surface area (Å²) in [6.45, 7) is 0. The van der Waals surface area contributed by atoms with Gasteiger partial charge < -0.3 is 10.6 Å². The van der Waals surface area contributed by atoms with Crippen molar-refractivity contribution in [1.82, 2.24) is 5.32 Å². The van der Waals surface area contributed by atoms with Crippen molar-refractivity contribution >= 4 is 29.1 Å². The molecule has 0 aliphatic heterocycles. The van der Waals surface area contributed by atoms with Crippen LogP contribution < -0.4 is 10.6 Å². The van der Waals surface area contributed by atoms with Crippen LogP contribution in [0.1, 0.15) is 33.6 Å². The molecule has 1 aliphatic rings. The lowest BCUT2D eigenvalue weighted by atomic mass is 10.1. The predicted octanol–water partition coefficient (Wildman–Crippen LogP) is 3.62. The lowest BCUT2D eigenvalue weighted by Crippen LogP contribution is -2.25. The van der Waals surface area contributed by atoms with Gasteiger partial charge in [0.05, 0.1) is 5.56 Å². The van der Waals surface area contributed by atoms with Crippen molar-refractivity contribution < 1.29 is 14.0 Å². The quantitative estimate of drug-likeness (QED) is 0.898. The lowest BCUT2D eigenvalue weighted by Gasteiger charge is -2.08. The number of hydrogen-bond donors (Lipinski definition) is 2. The maximum absolute atomic E-state index is 13.7. The summed E-state index contributed by atoms with van der Waals surface area (Å²) in [7, 11) is 0. The molecule has 0 heterocycles. The molecule has 1 saturated carbocycles. The van der Waals surface area contributed by atoms with Gasteiger partial charge in [0.1, 0.15) is 5.82 Å². The third-order valence-corrected chi connectivity index (χ3v) is 3.73. The van der Waals surface area contributed by atoms with Gasteiger partial charge in [-0.15, -0.1) is 0 Å². The van der Waals surface area contributed by atoms with E-state index in [0.717, 1.165) is 18.9 Å². The van der Waals surface area contributed by atoms with Gasteiger partial charge in [-0.25, -0.2) is 4.39 Å². The highest BCUT2D eigenvalue weighted by atomic mass is 35.5. The smallest absolute Gasteiger partial charge is 0.258 e. The van der Waals surface area contributed by atoms with Gasteiger partial charge in [-0.05, 0) is 55.3 Å². The highest BCUT2D eigenvalue weighted by molar-refractivity contribution is 6.30. The molecule has 0 radical (unpaired) electrons. The summed E-state index contributed by atoms with van der Waals surface area (Å²) in [5, 5.41) is 5.69. The number of amides is 2. The van der Waals surface area contributed by atoms with Crippen molar-refractivity contribution in [3.05, 3.63) is 64.4 Å². The monoisotopic (exact) mass is 332 g/mol. The van der Waals surface area contributed by atoms with E-state index in [0.29, 0.717) is 11.3 Å². The van der Waals surface area contributed by atoms with Crippen LogP contribution in [0, 0.1) is 5.82 Å². The summed E-state index contributed by atoms with van der Waals surface area (Å²) in [6, 6.07) is 10.6. The SMILES string of the molecule is O=C(NC1CC1)c1ccc(NC(=O)c2ccc(Cl)cc2F)cc1. The first kappa shape index (κ1) is 15.5. The first-order chi connectivity index (χ1) is 11.0. The van der Waals surface area contributed by atoms with E-state index >= 15 is 0 Å². The van der Waals surface area contributed by atoms with Crippen LogP contribution in [0.2, 0.25) is 5.02 Å². The fraction of sp³-hybridized carbons (Fsp3) is 0.176. The summed E-state index contributed by atoms with van der Waals surface area (Å²) in [6.07, 6.45) is 2.04. The number of carbonyl (C=O) groups excluding carboxylic acids is 2. The van der Waals surface area contributed by atoms with Gasteiger partial charge in [-0.2, -0.15) is 0 Å². The second-order valence-corrected chi connectivity index (χ2v) is 5.84. The van der Waals surface area contributed by atoms with Gasteiger partial charge in [0.25, 0.3) is 11.8 Å². The molecule has 3 rings (SSSR count). The Morgan fingerprint density at radius 1 is 1.04 bits per heavy atom. The van der Waals surface area contributed by atoms with Gasteiger partial charge in [0.15, 0.2) is 0 Å². The van der Waals surface area contributed by atoms with Gasteiger partial charge in [0.2, 0.25) is 0 Å². The van der Waals surface area contributed by atoms with Crippen LogP contribution in [-0.4, -0.2) is 17.9 Å². The average molecular weight is 333 g/mol. The molecule has 2 amide bonds. The summed E-state index contributed by atoms with van der Waals surface area (Å²) >= 11 is 5.66. The molecule has 0 spiro atoms. The Labute approximate surface area is 137 Å². The van der Waals surface area contributed by atoms with E-state index in [1.807, 2.05) is 0 Å². The molecule has 2 N–H and O–H groups in total. The standard InChI is InChI=1S/C17H14ClFN2O2/c18-11-3-8-14(15(19)9-11)17(23)21-12-4-1-10(2-5-12)16(22)20-13-6-7-13/h1-5,8-9,13H,6-7H2,(H,20,22)(H,21,23). The summed E-state index contributed by atoms with van der Waals surface area (Å²) < 4.78 is 13.7. The Morgan fingerprint density at radius 3 is 2.35 bits per heavy atom. The largest absolute Gasteiger partial charge is 0.349 e. The molecule has 4 nitrogen and oxygen atoms in total. The number of nitrogens with one attached hydrogen (secondary N) is 2. The Hall–Kier alpha value is -2.40. The molecule has 0 saturated heterocycles. The minimum absolute atomic E-state index is 0.0926. The van der Waals surface area contributed by atoms with Crippen molar-refractivity contribution in [3.8, 4) is 0 Å². The number of halogens is 2. The molecule has 2 aromatic rings.